The van der Waals surface area contributed by atoms with Crippen molar-refractivity contribution >= 4 is 23.8 Å². The third-order valence-electron chi connectivity index (χ3n) is 6.00. The smallest absolute Gasteiger partial charge is 0.325 e. The quantitative estimate of drug-likeness (QED) is 0.535. The molecule has 0 radical (unpaired) electrons. The van der Waals surface area contributed by atoms with Crippen molar-refractivity contribution in [2.24, 2.45) is 5.92 Å². The Morgan fingerprint density at radius 2 is 1.90 bits per heavy atom. The van der Waals surface area contributed by atoms with Crippen molar-refractivity contribution < 1.29 is 14.4 Å². The van der Waals surface area contributed by atoms with E-state index in [4.69, 9.17) is 0 Å². The number of benzene rings is 1. The Labute approximate surface area is 181 Å². The summed E-state index contributed by atoms with van der Waals surface area (Å²) in [5.74, 6) is 1.19. The van der Waals surface area contributed by atoms with Crippen molar-refractivity contribution in [3.05, 3.63) is 41.7 Å². The number of carbonyl (C=O) groups is 3. The predicted molar refractivity (Wildman–Crippen MR) is 114 cm³/mol. The van der Waals surface area contributed by atoms with E-state index in [2.05, 4.69) is 25.8 Å². The summed E-state index contributed by atoms with van der Waals surface area (Å²) in [6, 6.07) is 8.19. The van der Waals surface area contributed by atoms with Crippen LogP contribution in [0.5, 0.6) is 0 Å². The van der Waals surface area contributed by atoms with Crippen LogP contribution in [0.3, 0.4) is 0 Å². The summed E-state index contributed by atoms with van der Waals surface area (Å²) in [6.07, 6.45) is 7.43. The number of aromatic nitrogens is 3. The first-order chi connectivity index (χ1) is 15.1. The van der Waals surface area contributed by atoms with E-state index in [0.717, 1.165) is 30.1 Å². The van der Waals surface area contributed by atoms with Crippen LogP contribution in [0.4, 0.5) is 10.7 Å². The molecule has 1 aromatic heterocycles. The molecular formula is C22H28N6O3. The first kappa shape index (κ1) is 21.0. The van der Waals surface area contributed by atoms with Crippen molar-refractivity contribution in [2.75, 3.05) is 5.32 Å². The second-order valence-electron chi connectivity index (χ2n) is 8.29. The van der Waals surface area contributed by atoms with Crippen molar-refractivity contribution in [2.45, 2.75) is 64.0 Å². The average Bonchev–Trinajstić information content (AvgIpc) is 3.50. The summed E-state index contributed by atoms with van der Waals surface area (Å²) in [6.45, 7) is 0.217. The molecule has 4 amide bonds. The number of nitrogens with zero attached hydrogens (tertiary/aromatic N) is 3. The fourth-order valence-electron chi connectivity index (χ4n) is 4.25. The first-order valence-corrected chi connectivity index (χ1v) is 11.0. The summed E-state index contributed by atoms with van der Waals surface area (Å²) in [7, 11) is 0. The Morgan fingerprint density at radius 1 is 1.13 bits per heavy atom. The molecule has 0 spiro atoms. The van der Waals surface area contributed by atoms with Gasteiger partial charge in [-0.1, -0.05) is 56.0 Å². The van der Waals surface area contributed by atoms with Crippen LogP contribution in [0.15, 0.2) is 30.3 Å². The minimum absolute atomic E-state index is 0.0851. The zero-order valence-corrected chi connectivity index (χ0v) is 17.5. The summed E-state index contributed by atoms with van der Waals surface area (Å²) < 4.78 is 0. The third kappa shape index (κ3) is 5.48. The van der Waals surface area contributed by atoms with Crippen LogP contribution in [0.1, 0.15) is 56.3 Å². The average molecular weight is 425 g/mol. The fourth-order valence-corrected chi connectivity index (χ4v) is 4.25. The maximum Gasteiger partial charge on any atom is 0.325 e. The second kappa shape index (κ2) is 9.72. The molecule has 1 saturated carbocycles. The van der Waals surface area contributed by atoms with E-state index in [1.165, 1.54) is 30.6 Å². The number of hydrogen-bond acceptors (Lipinski definition) is 5. The summed E-state index contributed by atoms with van der Waals surface area (Å²) in [4.78, 5) is 42.5. The van der Waals surface area contributed by atoms with Gasteiger partial charge in [-0.2, -0.15) is 4.98 Å². The number of aryl methyl sites for hydroxylation is 1. The zero-order valence-electron chi connectivity index (χ0n) is 17.5. The van der Waals surface area contributed by atoms with Gasteiger partial charge in [-0.25, -0.2) is 4.79 Å². The number of H-pyrrole nitrogens is 1. The fraction of sp³-hybridized carbons (Fsp3) is 0.500. The highest BCUT2D eigenvalue weighted by atomic mass is 16.2. The molecule has 9 heteroatoms. The molecule has 4 rings (SSSR count). The van der Waals surface area contributed by atoms with Gasteiger partial charge < -0.3 is 5.32 Å². The number of aromatic amines is 1. The lowest BCUT2D eigenvalue weighted by Gasteiger charge is -2.12. The van der Waals surface area contributed by atoms with Crippen molar-refractivity contribution in [1.82, 2.24) is 25.4 Å². The Bertz CT molecular complexity index is 922. The molecule has 9 nitrogen and oxygen atoms in total. The normalized spacial score (nSPS) is 19.1. The number of carbonyl (C=O) groups excluding carboxylic acids is 3. The third-order valence-corrected chi connectivity index (χ3v) is 6.00. The van der Waals surface area contributed by atoms with Gasteiger partial charge in [0.15, 0.2) is 0 Å². The maximum absolute atomic E-state index is 12.6. The minimum atomic E-state index is -0.698. The highest BCUT2D eigenvalue weighted by Crippen LogP contribution is 2.28. The Balaban J connectivity index is 1.21. The van der Waals surface area contributed by atoms with Gasteiger partial charge in [0.1, 0.15) is 11.9 Å². The number of anilines is 1. The molecular weight excluding hydrogens is 396 g/mol. The van der Waals surface area contributed by atoms with Crippen LogP contribution in [-0.2, 0) is 22.6 Å². The van der Waals surface area contributed by atoms with Gasteiger partial charge in [0, 0.05) is 12.8 Å². The molecule has 3 N–H and O–H groups in total. The predicted octanol–water partition coefficient (Wildman–Crippen LogP) is 2.77. The molecule has 2 aromatic rings. The highest BCUT2D eigenvalue weighted by molar-refractivity contribution is 6.04. The molecule has 1 aliphatic carbocycles. The van der Waals surface area contributed by atoms with E-state index in [9.17, 15) is 14.4 Å². The lowest BCUT2D eigenvalue weighted by atomic mass is 10.0. The molecule has 1 saturated heterocycles. The Morgan fingerprint density at radius 3 is 2.68 bits per heavy atom. The number of imide groups is 1. The van der Waals surface area contributed by atoms with Gasteiger partial charge in [0.25, 0.3) is 5.91 Å². The lowest BCUT2D eigenvalue weighted by molar-refractivity contribution is -0.128. The van der Waals surface area contributed by atoms with Crippen LogP contribution < -0.4 is 10.6 Å². The number of hydrogen-bond donors (Lipinski definition) is 3. The van der Waals surface area contributed by atoms with E-state index >= 15 is 0 Å². The SMILES string of the molecule is O=C(CC[C@H]1NC(=O)N(Cc2ccccc2)C1=O)Nc1n[nH]c(CCC2CCCC2)n1. The molecule has 2 fully saturated rings. The number of amides is 4. The minimum Gasteiger partial charge on any atom is -0.326 e. The van der Waals surface area contributed by atoms with E-state index in [1.54, 1.807) is 0 Å². The largest absolute Gasteiger partial charge is 0.326 e. The molecule has 31 heavy (non-hydrogen) atoms. The standard InChI is InChI=1S/C22H28N6O3/c29-19(25-21-24-18(26-27-21)12-10-15-6-4-5-7-15)13-11-17-20(30)28(22(31)23-17)14-16-8-2-1-3-9-16/h1-3,8-9,15,17H,4-7,10-14H2,(H,23,31)(H2,24,25,26,27,29)/t17-/m1/s1. The Kier molecular flexibility index (Phi) is 6.59. The van der Waals surface area contributed by atoms with Gasteiger partial charge in [0.05, 0.1) is 6.54 Å². The summed E-state index contributed by atoms with van der Waals surface area (Å²) in [5.41, 5.74) is 0.873. The van der Waals surface area contributed by atoms with E-state index < -0.39 is 12.1 Å². The van der Waals surface area contributed by atoms with Gasteiger partial charge in [-0.15, -0.1) is 5.10 Å². The van der Waals surface area contributed by atoms with Gasteiger partial charge >= 0.3 is 6.03 Å². The molecule has 2 aliphatic rings. The number of nitrogens with one attached hydrogen (secondary N) is 3. The van der Waals surface area contributed by atoms with E-state index in [0.29, 0.717) is 0 Å². The second-order valence-corrected chi connectivity index (χ2v) is 8.29. The molecule has 1 aliphatic heterocycles. The van der Waals surface area contributed by atoms with Gasteiger partial charge in [-0.3, -0.25) is 24.9 Å². The van der Waals surface area contributed by atoms with Crippen molar-refractivity contribution in [3.63, 3.8) is 0 Å². The topological polar surface area (TPSA) is 120 Å². The van der Waals surface area contributed by atoms with Gasteiger partial charge in [0.2, 0.25) is 11.9 Å². The zero-order chi connectivity index (χ0) is 21.6. The Hall–Kier alpha value is -3.23. The lowest BCUT2D eigenvalue weighted by Crippen LogP contribution is -2.31. The summed E-state index contributed by atoms with van der Waals surface area (Å²) in [5, 5.41) is 12.3. The molecule has 2 heterocycles. The van der Waals surface area contributed by atoms with Gasteiger partial charge in [-0.05, 0) is 24.3 Å². The van der Waals surface area contributed by atoms with Crippen LogP contribution >= 0.6 is 0 Å². The van der Waals surface area contributed by atoms with Crippen LogP contribution in [0.25, 0.3) is 0 Å². The first-order valence-electron chi connectivity index (χ1n) is 11.0. The molecule has 1 aromatic carbocycles. The number of urea groups is 1. The monoisotopic (exact) mass is 424 g/mol. The molecule has 0 bridgehead atoms. The van der Waals surface area contributed by atoms with E-state index in [1.807, 2.05) is 30.3 Å². The van der Waals surface area contributed by atoms with Crippen LogP contribution in [-0.4, -0.2) is 44.0 Å². The maximum atomic E-state index is 12.6. The van der Waals surface area contributed by atoms with Crippen molar-refractivity contribution in [3.8, 4) is 0 Å². The highest BCUT2D eigenvalue weighted by Gasteiger charge is 2.37. The van der Waals surface area contributed by atoms with E-state index in [-0.39, 0.29) is 37.1 Å². The molecule has 0 unspecified atom stereocenters. The molecule has 1 atom stereocenters. The summed E-state index contributed by atoms with van der Waals surface area (Å²) >= 11 is 0. The van der Waals surface area contributed by atoms with Crippen molar-refractivity contribution in [1.29, 1.82) is 0 Å². The van der Waals surface area contributed by atoms with Crippen LogP contribution in [0.2, 0.25) is 0 Å². The molecule has 164 valence electrons. The number of rotatable bonds is 9. The van der Waals surface area contributed by atoms with Crippen LogP contribution in [0, 0.1) is 5.92 Å².